The van der Waals surface area contributed by atoms with Crippen LogP contribution in [-0.4, -0.2) is 82.4 Å². The molecule has 1 saturated heterocycles. The van der Waals surface area contributed by atoms with E-state index in [4.69, 9.17) is 9.47 Å². The number of hydrogen-bond donors (Lipinski definition) is 0. The molecule has 0 spiro atoms. The first-order valence-electron chi connectivity index (χ1n) is 11.4. The van der Waals surface area contributed by atoms with Crippen molar-refractivity contribution in [3.63, 3.8) is 0 Å². The largest absolute Gasteiger partial charge is 0.494 e. The molecule has 1 fully saturated rings. The van der Waals surface area contributed by atoms with E-state index in [0.717, 1.165) is 9.20 Å². The Balaban J connectivity index is 1.83. The molecule has 0 unspecified atom stereocenters. The van der Waals surface area contributed by atoms with Crippen LogP contribution in [0.2, 0.25) is 0 Å². The van der Waals surface area contributed by atoms with Gasteiger partial charge in [0.15, 0.2) is 0 Å². The maximum absolute atomic E-state index is 13.6. The van der Waals surface area contributed by atoms with Gasteiger partial charge in [-0.1, -0.05) is 0 Å². The van der Waals surface area contributed by atoms with Gasteiger partial charge in [0.2, 0.25) is 5.91 Å². The summed E-state index contributed by atoms with van der Waals surface area (Å²) in [4.78, 5) is 29.3. The van der Waals surface area contributed by atoms with Gasteiger partial charge in [0.05, 0.1) is 23.8 Å². The molecular formula is C24H31N3O6S2. The van der Waals surface area contributed by atoms with E-state index in [1.165, 1.54) is 11.8 Å². The summed E-state index contributed by atoms with van der Waals surface area (Å²) < 4.78 is 38.9. The highest BCUT2D eigenvalue weighted by atomic mass is 32.2. The van der Waals surface area contributed by atoms with Crippen LogP contribution in [0.4, 0.5) is 10.5 Å². The number of sulfonamides is 1. The average Bonchev–Trinajstić information content (AvgIpc) is 2.88. The van der Waals surface area contributed by atoms with Gasteiger partial charge in [-0.2, -0.15) is 0 Å². The van der Waals surface area contributed by atoms with Gasteiger partial charge < -0.3 is 19.3 Å². The van der Waals surface area contributed by atoms with E-state index < -0.39 is 16.1 Å². The van der Waals surface area contributed by atoms with Gasteiger partial charge in [-0.05, 0) is 68.6 Å². The number of carbonyl (C=O) groups is 2. The quantitative estimate of drug-likeness (QED) is 0.467. The molecule has 0 aromatic heterocycles. The summed E-state index contributed by atoms with van der Waals surface area (Å²) >= 11 is 1.51. The number of amides is 2. The van der Waals surface area contributed by atoms with Crippen LogP contribution in [0.15, 0.2) is 58.3 Å². The topological polar surface area (TPSA) is 96.5 Å². The van der Waals surface area contributed by atoms with Crippen LogP contribution in [0, 0.1) is 0 Å². The number of carbonyl (C=O) groups excluding carboxylic acids is 2. The number of piperazine rings is 1. The van der Waals surface area contributed by atoms with Crippen molar-refractivity contribution in [1.82, 2.24) is 9.80 Å². The van der Waals surface area contributed by atoms with Crippen LogP contribution in [0.25, 0.3) is 0 Å². The standard InChI is InChI=1S/C24H31N3O6S2/c1-4-32-20-8-6-19(7-9-20)27(35(30,31)22-12-10-21(34-3)11-13-22)18-23(28)25-14-16-26(17-15-25)24(29)33-5-2/h6-13H,4-5,14-18H2,1-3H3. The average molecular weight is 522 g/mol. The molecule has 3 rings (SSSR count). The summed E-state index contributed by atoms with van der Waals surface area (Å²) in [5, 5.41) is 0. The van der Waals surface area contributed by atoms with Crippen LogP contribution >= 0.6 is 11.8 Å². The van der Waals surface area contributed by atoms with Crippen molar-refractivity contribution in [2.24, 2.45) is 0 Å². The molecule has 35 heavy (non-hydrogen) atoms. The first kappa shape index (κ1) is 26.7. The molecule has 2 aromatic carbocycles. The van der Waals surface area contributed by atoms with E-state index in [9.17, 15) is 18.0 Å². The van der Waals surface area contributed by atoms with E-state index in [-0.39, 0.29) is 24.0 Å². The van der Waals surface area contributed by atoms with Gasteiger partial charge in [0.25, 0.3) is 10.0 Å². The fourth-order valence-electron chi connectivity index (χ4n) is 3.64. The third-order valence-corrected chi connectivity index (χ3v) is 8.05. The van der Waals surface area contributed by atoms with Crippen molar-refractivity contribution >= 4 is 39.5 Å². The molecule has 2 amide bonds. The Morgan fingerprint density at radius 2 is 1.51 bits per heavy atom. The van der Waals surface area contributed by atoms with Crippen LogP contribution in [0.5, 0.6) is 5.75 Å². The number of benzene rings is 2. The molecule has 11 heteroatoms. The predicted molar refractivity (Wildman–Crippen MR) is 136 cm³/mol. The van der Waals surface area contributed by atoms with Gasteiger partial charge in [0.1, 0.15) is 12.3 Å². The highest BCUT2D eigenvalue weighted by Crippen LogP contribution is 2.27. The van der Waals surface area contributed by atoms with Crippen molar-refractivity contribution in [1.29, 1.82) is 0 Å². The number of ether oxygens (including phenoxy) is 2. The van der Waals surface area contributed by atoms with Gasteiger partial charge in [-0.25, -0.2) is 13.2 Å². The van der Waals surface area contributed by atoms with Gasteiger partial charge in [0, 0.05) is 31.1 Å². The molecule has 1 heterocycles. The van der Waals surface area contributed by atoms with Gasteiger partial charge in [-0.15, -0.1) is 11.8 Å². The fourth-order valence-corrected chi connectivity index (χ4v) is 5.46. The van der Waals surface area contributed by atoms with Gasteiger partial charge in [-0.3, -0.25) is 9.10 Å². The Hall–Kier alpha value is -2.92. The van der Waals surface area contributed by atoms with Crippen molar-refractivity contribution < 1.29 is 27.5 Å². The van der Waals surface area contributed by atoms with Crippen LogP contribution in [0.1, 0.15) is 13.8 Å². The van der Waals surface area contributed by atoms with E-state index in [2.05, 4.69) is 0 Å². The minimum atomic E-state index is -4.02. The Labute approximate surface area is 211 Å². The number of hydrogen-bond acceptors (Lipinski definition) is 7. The Morgan fingerprint density at radius 1 is 0.914 bits per heavy atom. The molecule has 0 saturated carbocycles. The first-order chi connectivity index (χ1) is 16.8. The minimum Gasteiger partial charge on any atom is -0.494 e. The SMILES string of the molecule is CCOC(=O)N1CCN(C(=O)CN(c2ccc(OCC)cc2)S(=O)(=O)c2ccc(SC)cc2)CC1. The summed E-state index contributed by atoms with van der Waals surface area (Å²) in [6, 6.07) is 13.2. The summed E-state index contributed by atoms with van der Waals surface area (Å²) in [6.45, 7) is 5.28. The van der Waals surface area contributed by atoms with Crippen molar-refractivity contribution in [2.45, 2.75) is 23.6 Å². The zero-order valence-corrected chi connectivity index (χ0v) is 21.8. The number of nitrogens with zero attached hydrogens (tertiary/aromatic N) is 3. The Bertz CT molecular complexity index is 1100. The molecule has 2 aromatic rings. The third-order valence-electron chi connectivity index (χ3n) is 5.52. The third kappa shape index (κ3) is 6.61. The molecular weight excluding hydrogens is 490 g/mol. The van der Waals surface area contributed by atoms with E-state index in [0.29, 0.717) is 44.2 Å². The van der Waals surface area contributed by atoms with Gasteiger partial charge >= 0.3 is 6.09 Å². The molecule has 0 radical (unpaired) electrons. The predicted octanol–water partition coefficient (Wildman–Crippen LogP) is 3.30. The monoisotopic (exact) mass is 521 g/mol. The number of rotatable bonds is 9. The Kier molecular flexibility index (Phi) is 9.27. The fraction of sp³-hybridized carbons (Fsp3) is 0.417. The molecule has 190 valence electrons. The van der Waals surface area contributed by atoms with Crippen LogP contribution < -0.4 is 9.04 Å². The van der Waals surface area contributed by atoms with E-state index in [1.807, 2.05) is 13.2 Å². The number of anilines is 1. The van der Waals surface area contributed by atoms with E-state index >= 15 is 0 Å². The van der Waals surface area contributed by atoms with Crippen molar-refractivity contribution in [2.75, 3.05) is 56.5 Å². The van der Waals surface area contributed by atoms with Crippen molar-refractivity contribution in [3.8, 4) is 5.75 Å². The molecule has 0 bridgehead atoms. The molecule has 0 aliphatic carbocycles. The van der Waals surface area contributed by atoms with Crippen LogP contribution in [0.3, 0.4) is 0 Å². The zero-order valence-electron chi connectivity index (χ0n) is 20.2. The maximum atomic E-state index is 13.6. The number of thioether (sulfide) groups is 1. The molecule has 9 nitrogen and oxygen atoms in total. The highest BCUT2D eigenvalue weighted by Gasteiger charge is 2.31. The van der Waals surface area contributed by atoms with Crippen molar-refractivity contribution in [3.05, 3.63) is 48.5 Å². The summed E-state index contributed by atoms with van der Waals surface area (Å²) in [7, 11) is -4.02. The molecule has 1 aliphatic heterocycles. The summed E-state index contributed by atoms with van der Waals surface area (Å²) in [5.41, 5.74) is 0.362. The second-order valence-electron chi connectivity index (χ2n) is 7.68. The summed E-state index contributed by atoms with van der Waals surface area (Å²) in [6.07, 6.45) is 1.50. The molecule has 0 atom stereocenters. The minimum absolute atomic E-state index is 0.101. The van der Waals surface area contributed by atoms with E-state index in [1.54, 1.807) is 65.3 Å². The Morgan fingerprint density at radius 3 is 2.06 bits per heavy atom. The second kappa shape index (κ2) is 12.2. The second-order valence-corrected chi connectivity index (χ2v) is 10.4. The molecule has 1 aliphatic rings. The van der Waals surface area contributed by atoms with Crippen LogP contribution in [-0.2, 0) is 19.6 Å². The summed E-state index contributed by atoms with van der Waals surface area (Å²) in [5.74, 6) is 0.269. The normalized spacial score (nSPS) is 13.9. The highest BCUT2D eigenvalue weighted by molar-refractivity contribution is 7.98. The molecule has 0 N–H and O–H groups in total. The lowest BCUT2D eigenvalue weighted by Gasteiger charge is -2.35. The lowest BCUT2D eigenvalue weighted by atomic mass is 10.3. The zero-order chi connectivity index (χ0) is 25.4. The lowest BCUT2D eigenvalue weighted by molar-refractivity contribution is -0.131. The lowest BCUT2D eigenvalue weighted by Crippen LogP contribution is -2.53. The maximum Gasteiger partial charge on any atom is 0.409 e. The first-order valence-corrected chi connectivity index (χ1v) is 14.1. The smallest absolute Gasteiger partial charge is 0.409 e.